The summed E-state index contributed by atoms with van der Waals surface area (Å²) in [5, 5.41) is 0. The van der Waals surface area contributed by atoms with Gasteiger partial charge in [0.1, 0.15) is 5.82 Å². The van der Waals surface area contributed by atoms with Gasteiger partial charge < -0.3 is 9.80 Å². The SMILES string of the molecule is CCN(CC1CCN(c2ccccn2)CC1)C(=O)c1ccc(C)nc1. The van der Waals surface area contributed by atoms with Gasteiger partial charge in [0, 0.05) is 44.3 Å². The summed E-state index contributed by atoms with van der Waals surface area (Å²) in [4.78, 5) is 25.7. The zero-order chi connectivity index (χ0) is 17.6. The van der Waals surface area contributed by atoms with E-state index in [-0.39, 0.29) is 5.91 Å². The lowest BCUT2D eigenvalue weighted by molar-refractivity contribution is 0.0729. The van der Waals surface area contributed by atoms with Gasteiger partial charge in [0.25, 0.3) is 5.91 Å². The number of aryl methyl sites for hydroxylation is 1. The van der Waals surface area contributed by atoms with Gasteiger partial charge in [0.05, 0.1) is 5.56 Å². The van der Waals surface area contributed by atoms with E-state index in [4.69, 9.17) is 0 Å². The van der Waals surface area contributed by atoms with Crippen molar-refractivity contribution in [2.75, 3.05) is 31.1 Å². The quantitative estimate of drug-likeness (QED) is 0.840. The summed E-state index contributed by atoms with van der Waals surface area (Å²) >= 11 is 0. The molecule has 0 unspecified atom stereocenters. The van der Waals surface area contributed by atoms with Gasteiger partial charge in [-0.1, -0.05) is 6.07 Å². The molecular formula is C20H26N4O. The third kappa shape index (κ3) is 4.35. The van der Waals surface area contributed by atoms with Crippen molar-refractivity contribution in [2.24, 2.45) is 5.92 Å². The molecule has 1 aliphatic rings. The Balaban J connectivity index is 1.56. The number of pyridine rings is 2. The topological polar surface area (TPSA) is 49.3 Å². The molecule has 0 radical (unpaired) electrons. The van der Waals surface area contributed by atoms with Crippen LogP contribution in [0, 0.1) is 12.8 Å². The first kappa shape index (κ1) is 17.4. The molecule has 3 heterocycles. The molecule has 0 N–H and O–H groups in total. The second-order valence-corrected chi connectivity index (χ2v) is 6.65. The molecule has 1 aliphatic heterocycles. The smallest absolute Gasteiger partial charge is 0.255 e. The highest BCUT2D eigenvalue weighted by molar-refractivity contribution is 5.93. The van der Waals surface area contributed by atoms with Crippen LogP contribution in [-0.2, 0) is 0 Å². The fourth-order valence-electron chi connectivity index (χ4n) is 3.33. The molecule has 0 aromatic carbocycles. The van der Waals surface area contributed by atoms with Gasteiger partial charge in [-0.2, -0.15) is 0 Å². The molecule has 132 valence electrons. The number of hydrogen-bond acceptors (Lipinski definition) is 4. The molecule has 1 amide bonds. The van der Waals surface area contributed by atoms with Crippen molar-refractivity contribution in [1.29, 1.82) is 0 Å². The number of anilines is 1. The third-order valence-electron chi connectivity index (χ3n) is 4.89. The van der Waals surface area contributed by atoms with Crippen LogP contribution in [-0.4, -0.2) is 47.0 Å². The number of rotatable bonds is 5. The van der Waals surface area contributed by atoms with E-state index in [1.807, 2.05) is 49.2 Å². The predicted molar refractivity (Wildman–Crippen MR) is 99.7 cm³/mol. The standard InChI is InChI=1S/C20H26N4O/c1-3-23(20(25)18-8-7-16(2)22-14-18)15-17-9-12-24(13-10-17)19-6-4-5-11-21-19/h4-8,11,14,17H,3,9-10,12-13,15H2,1-2H3. The van der Waals surface area contributed by atoms with Gasteiger partial charge in [-0.15, -0.1) is 0 Å². The fraction of sp³-hybridized carbons (Fsp3) is 0.450. The van der Waals surface area contributed by atoms with E-state index >= 15 is 0 Å². The summed E-state index contributed by atoms with van der Waals surface area (Å²) in [6, 6.07) is 9.80. The minimum Gasteiger partial charge on any atom is -0.357 e. The lowest BCUT2D eigenvalue weighted by atomic mass is 9.96. The Labute approximate surface area is 149 Å². The summed E-state index contributed by atoms with van der Waals surface area (Å²) in [7, 11) is 0. The van der Waals surface area contributed by atoms with Crippen LogP contribution in [0.3, 0.4) is 0 Å². The minimum atomic E-state index is 0.0853. The summed E-state index contributed by atoms with van der Waals surface area (Å²) < 4.78 is 0. The maximum absolute atomic E-state index is 12.7. The van der Waals surface area contributed by atoms with Gasteiger partial charge in [-0.3, -0.25) is 9.78 Å². The Bertz CT molecular complexity index is 679. The van der Waals surface area contributed by atoms with E-state index in [0.717, 1.165) is 50.5 Å². The molecule has 0 spiro atoms. The van der Waals surface area contributed by atoms with Crippen LogP contribution >= 0.6 is 0 Å². The fourth-order valence-corrected chi connectivity index (χ4v) is 3.33. The summed E-state index contributed by atoms with van der Waals surface area (Å²) in [5.74, 6) is 1.68. The first-order chi connectivity index (χ1) is 12.2. The molecule has 0 atom stereocenters. The van der Waals surface area contributed by atoms with Crippen molar-refractivity contribution in [3.63, 3.8) is 0 Å². The Morgan fingerprint density at radius 1 is 1.20 bits per heavy atom. The van der Waals surface area contributed by atoms with E-state index in [1.54, 1.807) is 6.20 Å². The summed E-state index contributed by atoms with van der Waals surface area (Å²) in [6.07, 6.45) is 5.71. The first-order valence-corrected chi connectivity index (χ1v) is 9.05. The largest absolute Gasteiger partial charge is 0.357 e. The van der Waals surface area contributed by atoms with Gasteiger partial charge in [0.15, 0.2) is 0 Å². The number of hydrogen-bond donors (Lipinski definition) is 0. The van der Waals surface area contributed by atoms with Gasteiger partial charge in [-0.25, -0.2) is 4.98 Å². The minimum absolute atomic E-state index is 0.0853. The second-order valence-electron chi connectivity index (χ2n) is 6.65. The highest BCUT2D eigenvalue weighted by Crippen LogP contribution is 2.22. The lowest BCUT2D eigenvalue weighted by Crippen LogP contribution is -2.41. The predicted octanol–water partition coefficient (Wildman–Crippen LogP) is 3.16. The molecule has 0 bridgehead atoms. The molecule has 2 aromatic rings. The molecule has 25 heavy (non-hydrogen) atoms. The zero-order valence-electron chi connectivity index (χ0n) is 15.1. The average molecular weight is 338 g/mol. The van der Waals surface area contributed by atoms with Crippen LogP contribution in [0.4, 0.5) is 5.82 Å². The van der Waals surface area contributed by atoms with Crippen molar-refractivity contribution in [1.82, 2.24) is 14.9 Å². The van der Waals surface area contributed by atoms with E-state index in [1.165, 1.54) is 0 Å². The maximum atomic E-state index is 12.7. The molecule has 5 heteroatoms. The van der Waals surface area contributed by atoms with Crippen LogP contribution in [0.25, 0.3) is 0 Å². The van der Waals surface area contributed by atoms with Gasteiger partial charge in [0.2, 0.25) is 0 Å². The van der Waals surface area contributed by atoms with E-state index in [2.05, 4.69) is 20.9 Å². The normalized spacial score (nSPS) is 15.2. The Kier molecular flexibility index (Phi) is 5.64. The Morgan fingerprint density at radius 3 is 2.60 bits per heavy atom. The van der Waals surface area contributed by atoms with Gasteiger partial charge >= 0.3 is 0 Å². The first-order valence-electron chi connectivity index (χ1n) is 9.05. The molecular weight excluding hydrogens is 312 g/mol. The summed E-state index contributed by atoms with van der Waals surface area (Å²) in [5.41, 5.74) is 1.61. The van der Waals surface area contributed by atoms with Gasteiger partial charge in [-0.05, 0) is 56.9 Å². The lowest BCUT2D eigenvalue weighted by Gasteiger charge is -2.35. The van der Waals surface area contributed by atoms with Crippen LogP contribution in [0.1, 0.15) is 35.8 Å². The van der Waals surface area contributed by atoms with Crippen molar-refractivity contribution < 1.29 is 4.79 Å². The van der Waals surface area contributed by atoms with Crippen molar-refractivity contribution >= 4 is 11.7 Å². The van der Waals surface area contributed by atoms with Crippen LogP contribution < -0.4 is 4.90 Å². The maximum Gasteiger partial charge on any atom is 0.255 e. The van der Waals surface area contributed by atoms with E-state index in [0.29, 0.717) is 11.5 Å². The average Bonchev–Trinajstić information content (AvgIpc) is 2.67. The molecule has 2 aromatic heterocycles. The number of amides is 1. The molecule has 1 saturated heterocycles. The number of carbonyl (C=O) groups is 1. The van der Waals surface area contributed by atoms with Crippen molar-refractivity contribution in [2.45, 2.75) is 26.7 Å². The second kappa shape index (κ2) is 8.10. The third-order valence-corrected chi connectivity index (χ3v) is 4.89. The highest BCUT2D eigenvalue weighted by Gasteiger charge is 2.24. The number of aromatic nitrogens is 2. The van der Waals surface area contributed by atoms with E-state index in [9.17, 15) is 4.79 Å². The molecule has 5 nitrogen and oxygen atoms in total. The molecule has 0 saturated carbocycles. The van der Waals surface area contributed by atoms with Crippen molar-refractivity contribution in [3.8, 4) is 0 Å². The van der Waals surface area contributed by atoms with Crippen molar-refractivity contribution in [3.05, 3.63) is 54.0 Å². The number of nitrogens with zero attached hydrogens (tertiary/aromatic N) is 4. The van der Waals surface area contributed by atoms with Crippen LogP contribution in [0.15, 0.2) is 42.7 Å². The molecule has 0 aliphatic carbocycles. The monoisotopic (exact) mass is 338 g/mol. The Morgan fingerprint density at radius 2 is 2.00 bits per heavy atom. The number of piperidine rings is 1. The number of carbonyl (C=O) groups excluding carboxylic acids is 1. The highest BCUT2D eigenvalue weighted by atomic mass is 16.2. The van der Waals surface area contributed by atoms with Crippen LogP contribution in [0.2, 0.25) is 0 Å². The zero-order valence-corrected chi connectivity index (χ0v) is 15.1. The van der Waals surface area contributed by atoms with E-state index < -0.39 is 0 Å². The molecule has 1 fully saturated rings. The summed E-state index contributed by atoms with van der Waals surface area (Å²) in [6.45, 7) is 7.52. The van der Waals surface area contributed by atoms with Crippen LogP contribution in [0.5, 0.6) is 0 Å². The molecule has 3 rings (SSSR count). The Hall–Kier alpha value is -2.43.